The first-order chi connectivity index (χ1) is 7.15. The standard InChI is InChI=1S/C13H20N2/c1-13(2)8-5-9-15(13)12-7-4-3-6-11(12)10-14/h3-4,6-7H,5,8-10,14H2,1-2H3. The van der Waals surface area contributed by atoms with E-state index in [1.165, 1.54) is 24.1 Å². The summed E-state index contributed by atoms with van der Waals surface area (Å²) in [6.07, 6.45) is 2.55. The summed E-state index contributed by atoms with van der Waals surface area (Å²) in [6, 6.07) is 8.48. The van der Waals surface area contributed by atoms with Crippen LogP contribution < -0.4 is 10.6 Å². The minimum atomic E-state index is 0.283. The average Bonchev–Trinajstić information content (AvgIpc) is 2.58. The van der Waals surface area contributed by atoms with Gasteiger partial charge in [0.2, 0.25) is 0 Å². The Labute approximate surface area is 92.1 Å². The van der Waals surface area contributed by atoms with Gasteiger partial charge in [-0.15, -0.1) is 0 Å². The Bertz CT molecular complexity index is 344. The van der Waals surface area contributed by atoms with Gasteiger partial charge in [-0.3, -0.25) is 0 Å². The molecule has 2 N–H and O–H groups in total. The fourth-order valence-corrected chi connectivity index (χ4v) is 2.50. The normalized spacial score (nSPS) is 19.5. The summed E-state index contributed by atoms with van der Waals surface area (Å²) in [6.45, 7) is 6.41. The summed E-state index contributed by atoms with van der Waals surface area (Å²) in [5, 5.41) is 0. The van der Waals surface area contributed by atoms with Crippen LogP contribution in [-0.2, 0) is 6.54 Å². The molecule has 0 aromatic heterocycles. The van der Waals surface area contributed by atoms with E-state index in [0.29, 0.717) is 6.54 Å². The molecule has 0 aliphatic carbocycles. The van der Waals surface area contributed by atoms with Crippen LogP contribution in [0.15, 0.2) is 24.3 Å². The fraction of sp³-hybridized carbons (Fsp3) is 0.538. The summed E-state index contributed by atoms with van der Waals surface area (Å²) in [5.74, 6) is 0. The third kappa shape index (κ3) is 1.86. The first-order valence-electron chi connectivity index (χ1n) is 5.71. The Morgan fingerprint density at radius 1 is 1.33 bits per heavy atom. The van der Waals surface area contributed by atoms with Crippen LogP contribution in [-0.4, -0.2) is 12.1 Å². The maximum absolute atomic E-state index is 5.78. The van der Waals surface area contributed by atoms with Gasteiger partial charge in [0.15, 0.2) is 0 Å². The Morgan fingerprint density at radius 2 is 2.07 bits per heavy atom. The summed E-state index contributed by atoms with van der Waals surface area (Å²) >= 11 is 0. The van der Waals surface area contributed by atoms with Gasteiger partial charge < -0.3 is 10.6 Å². The number of para-hydroxylation sites is 1. The van der Waals surface area contributed by atoms with E-state index < -0.39 is 0 Å². The van der Waals surface area contributed by atoms with Crippen LogP contribution in [0, 0.1) is 0 Å². The number of anilines is 1. The van der Waals surface area contributed by atoms with Crippen LogP contribution in [0.1, 0.15) is 32.3 Å². The van der Waals surface area contributed by atoms with Gasteiger partial charge in [0, 0.05) is 24.3 Å². The molecule has 2 heteroatoms. The maximum Gasteiger partial charge on any atom is 0.0416 e. The van der Waals surface area contributed by atoms with Gasteiger partial charge in [0.25, 0.3) is 0 Å². The lowest BCUT2D eigenvalue weighted by atomic mass is 10.0. The number of hydrogen-bond acceptors (Lipinski definition) is 2. The summed E-state index contributed by atoms with van der Waals surface area (Å²) in [4.78, 5) is 2.50. The van der Waals surface area contributed by atoms with E-state index in [1.807, 2.05) is 0 Å². The van der Waals surface area contributed by atoms with Crippen LogP contribution in [0.5, 0.6) is 0 Å². The summed E-state index contributed by atoms with van der Waals surface area (Å²) in [5.41, 5.74) is 8.64. The molecule has 1 aromatic rings. The van der Waals surface area contributed by atoms with Gasteiger partial charge in [-0.1, -0.05) is 18.2 Å². The molecule has 0 spiro atoms. The van der Waals surface area contributed by atoms with E-state index >= 15 is 0 Å². The molecule has 1 fully saturated rings. The number of nitrogens with zero attached hydrogens (tertiary/aromatic N) is 1. The van der Waals surface area contributed by atoms with Crippen LogP contribution in [0.3, 0.4) is 0 Å². The minimum absolute atomic E-state index is 0.283. The van der Waals surface area contributed by atoms with Gasteiger partial charge in [-0.05, 0) is 38.3 Å². The minimum Gasteiger partial charge on any atom is -0.366 e. The molecule has 2 nitrogen and oxygen atoms in total. The predicted molar refractivity (Wildman–Crippen MR) is 65.0 cm³/mol. The van der Waals surface area contributed by atoms with Crippen molar-refractivity contribution in [3.63, 3.8) is 0 Å². The van der Waals surface area contributed by atoms with E-state index in [4.69, 9.17) is 5.73 Å². The molecule has 1 saturated heterocycles. The van der Waals surface area contributed by atoms with E-state index in [0.717, 1.165) is 6.54 Å². The third-order valence-corrected chi connectivity index (χ3v) is 3.40. The number of benzene rings is 1. The van der Waals surface area contributed by atoms with E-state index in [9.17, 15) is 0 Å². The van der Waals surface area contributed by atoms with Crippen molar-refractivity contribution in [3.8, 4) is 0 Å². The maximum atomic E-state index is 5.78. The van der Waals surface area contributed by atoms with Crippen molar-refractivity contribution in [2.24, 2.45) is 5.73 Å². The van der Waals surface area contributed by atoms with E-state index in [1.54, 1.807) is 0 Å². The number of rotatable bonds is 2. The molecule has 1 aliphatic rings. The molecular formula is C13H20N2. The Balaban J connectivity index is 2.36. The van der Waals surface area contributed by atoms with Crippen LogP contribution in [0.4, 0.5) is 5.69 Å². The predicted octanol–water partition coefficient (Wildman–Crippen LogP) is 2.52. The van der Waals surface area contributed by atoms with Crippen molar-refractivity contribution in [2.45, 2.75) is 38.8 Å². The first-order valence-corrected chi connectivity index (χ1v) is 5.71. The highest BCUT2D eigenvalue weighted by atomic mass is 15.2. The topological polar surface area (TPSA) is 29.3 Å². The molecule has 15 heavy (non-hydrogen) atoms. The SMILES string of the molecule is CC1(C)CCCN1c1ccccc1CN. The average molecular weight is 204 g/mol. The molecule has 2 rings (SSSR count). The Hall–Kier alpha value is -1.02. The van der Waals surface area contributed by atoms with Crippen LogP contribution in [0.25, 0.3) is 0 Å². The van der Waals surface area contributed by atoms with Gasteiger partial charge in [-0.2, -0.15) is 0 Å². The van der Waals surface area contributed by atoms with Crippen molar-refractivity contribution in [2.75, 3.05) is 11.4 Å². The molecule has 0 amide bonds. The second-order valence-corrected chi connectivity index (χ2v) is 4.90. The molecule has 0 atom stereocenters. The summed E-state index contributed by atoms with van der Waals surface area (Å²) in [7, 11) is 0. The lowest BCUT2D eigenvalue weighted by molar-refractivity contribution is 0.517. The lowest BCUT2D eigenvalue weighted by Crippen LogP contribution is -2.38. The van der Waals surface area contributed by atoms with Gasteiger partial charge in [-0.25, -0.2) is 0 Å². The smallest absolute Gasteiger partial charge is 0.0416 e. The second kappa shape index (κ2) is 3.86. The van der Waals surface area contributed by atoms with Crippen molar-refractivity contribution in [1.29, 1.82) is 0 Å². The van der Waals surface area contributed by atoms with Crippen LogP contribution in [0.2, 0.25) is 0 Å². The number of hydrogen-bond donors (Lipinski definition) is 1. The largest absolute Gasteiger partial charge is 0.366 e. The van der Waals surface area contributed by atoms with Crippen molar-refractivity contribution >= 4 is 5.69 Å². The monoisotopic (exact) mass is 204 g/mol. The van der Waals surface area contributed by atoms with Crippen LogP contribution >= 0.6 is 0 Å². The second-order valence-electron chi connectivity index (χ2n) is 4.90. The van der Waals surface area contributed by atoms with Crippen molar-refractivity contribution < 1.29 is 0 Å². The first kappa shape index (κ1) is 10.5. The highest BCUT2D eigenvalue weighted by Gasteiger charge is 2.32. The molecular weight excluding hydrogens is 184 g/mol. The highest BCUT2D eigenvalue weighted by molar-refractivity contribution is 5.56. The zero-order valence-corrected chi connectivity index (χ0v) is 9.66. The molecule has 82 valence electrons. The van der Waals surface area contributed by atoms with E-state index in [-0.39, 0.29) is 5.54 Å². The zero-order chi connectivity index (χ0) is 10.9. The van der Waals surface area contributed by atoms with Gasteiger partial charge >= 0.3 is 0 Å². The van der Waals surface area contributed by atoms with E-state index in [2.05, 4.69) is 43.0 Å². The molecule has 1 aliphatic heterocycles. The molecule has 0 radical (unpaired) electrons. The quantitative estimate of drug-likeness (QED) is 0.802. The van der Waals surface area contributed by atoms with Gasteiger partial charge in [0.05, 0.1) is 0 Å². The molecule has 0 saturated carbocycles. The van der Waals surface area contributed by atoms with Crippen molar-refractivity contribution in [3.05, 3.63) is 29.8 Å². The van der Waals surface area contributed by atoms with Crippen molar-refractivity contribution in [1.82, 2.24) is 0 Å². The highest BCUT2D eigenvalue weighted by Crippen LogP contribution is 2.35. The molecule has 1 heterocycles. The molecule has 0 bridgehead atoms. The Morgan fingerprint density at radius 3 is 2.67 bits per heavy atom. The lowest BCUT2D eigenvalue weighted by Gasteiger charge is -2.35. The number of nitrogens with two attached hydrogens (primary N) is 1. The Kier molecular flexibility index (Phi) is 2.70. The third-order valence-electron chi connectivity index (χ3n) is 3.40. The fourth-order valence-electron chi connectivity index (χ4n) is 2.50. The molecule has 1 aromatic carbocycles. The molecule has 0 unspecified atom stereocenters. The summed E-state index contributed by atoms with van der Waals surface area (Å²) < 4.78 is 0. The zero-order valence-electron chi connectivity index (χ0n) is 9.66. The van der Waals surface area contributed by atoms with Gasteiger partial charge in [0.1, 0.15) is 0 Å².